The van der Waals surface area contributed by atoms with Gasteiger partial charge in [-0.05, 0) is 30.8 Å². The predicted molar refractivity (Wildman–Crippen MR) is 124 cm³/mol. The Labute approximate surface area is 187 Å². The number of hydrogen-bond donors (Lipinski definition) is 0. The van der Waals surface area contributed by atoms with Crippen LogP contribution in [0.4, 0.5) is 10.5 Å². The molecule has 7 heteroatoms. The molecule has 0 radical (unpaired) electrons. The standard InChI is InChI=1S/C25H26N4O3/c1-27-10-12-28(13-11-27)25(31)29-16-21-23(19-14-18(32-2)8-9-22(19)29)26-15-20(24(21)30)17-6-4-3-5-7-17/h3-9,14,16,20H,10-13,15H2,1-2H3/t20-/m0/s1. The van der Waals surface area contributed by atoms with E-state index in [1.54, 1.807) is 18.2 Å². The number of aliphatic imine (C=N–C) groups is 1. The zero-order chi connectivity index (χ0) is 22.2. The van der Waals surface area contributed by atoms with Crippen LogP contribution in [0, 0.1) is 0 Å². The fourth-order valence-electron chi connectivity index (χ4n) is 4.50. The minimum absolute atomic E-state index is 0.00847. The maximum Gasteiger partial charge on any atom is 0.328 e. The Balaban J connectivity index is 1.57. The quantitative estimate of drug-likeness (QED) is 0.735. The average Bonchev–Trinajstić information content (AvgIpc) is 2.84. The van der Waals surface area contributed by atoms with Gasteiger partial charge in [0.1, 0.15) is 5.75 Å². The molecule has 0 bridgehead atoms. The highest BCUT2D eigenvalue weighted by Gasteiger charge is 2.38. The van der Waals surface area contributed by atoms with Crippen LogP contribution in [0.15, 0.2) is 65.3 Å². The molecule has 3 aliphatic rings. The van der Waals surface area contributed by atoms with Crippen molar-refractivity contribution in [3.8, 4) is 5.75 Å². The number of ether oxygens (including phenoxy) is 1. The van der Waals surface area contributed by atoms with Gasteiger partial charge in [0.2, 0.25) is 0 Å². The fourth-order valence-corrected chi connectivity index (χ4v) is 4.50. The van der Waals surface area contributed by atoms with Crippen LogP contribution < -0.4 is 9.64 Å². The largest absolute Gasteiger partial charge is 0.497 e. The van der Waals surface area contributed by atoms with Crippen molar-refractivity contribution in [1.29, 1.82) is 0 Å². The molecule has 0 spiro atoms. The molecule has 7 nitrogen and oxygen atoms in total. The van der Waals surface area contributed by atoms with Crippen LogP contribution in [0.2, 0.25) is 0 Å². The molecule has 5 rings (SSSR count). The lowest BCUT2D eigenvalue weighted by molar-refractivity contribution is -0.116. The summed E-state index contributed by atoms with van der Waals surface area (Å²) in [5.41, 5.74) is 3.54. The van der Waals surface area contributed by atoms with Crippen LogP contribution in [0.25, 0.3) is 0 Å². The number of fused-ring (bicyclic) bond motifs is 3. The number of likely N-dealkylation sites (N-methyl/N-ethyl adjacent to an activating group) is 1. The van der Waals surface area contributed by atoms with Crippen molar-refractivity contribution in [3.63, 3.8) is 0 Å². The van der Waals surface area contributed by atoms with Crippen LogP contribution in [0.3, 0.4) is 0 Å². The first-order valence-electron chi connectivity index (χ1n) is 10.9. The highest BCUT2D eigenvalue weighted by molar-refractivity contribution is 6.34. The average molecular weight is 431 g/mol. The maximum absolute atomic E-state index is 13.6. The zero-order valence-corrected chi connectivity index (χ0v) is 18.3. The van der Waals surface area contributed by atoms with Crippen molar-refractivity contribution in [2.75, 3.05) is 51.8 Å². The van der Waals surface area contributed by atoms with Crippen LogP contribution in [0.1, 0.15) is 17.0 Å². The molecule has 0 saturated carbocycles. The highest BCUT2D eigenvalue weighted by atomic mass is 16.5. The van der Waals surface area contributed by atoms with Crippen molar-refractivity contribution in [2.24, 2.45) is 4.99 Å². The number of anilines is 1. The van der Waals surface area contributed by atoms with Gasteiger partial charge in [-0.25, -0.2) is 4.79 Å². The SMILES string of the molecule is COc1ccc2c(c1)C1=NC[C@@H](c3ccccc3)C(=O)C1=CN2C(=O)N1CCN(C)CC1. The number of methoxy groups -OCH3 is 1. The van der Waals surface area contributed by atoms with Crippen LogP contribution in [0.5, 0.6) is 5.75 Å². The summed E-state index contributed by atoms with van der Waals surface area (Å²) in [6.45, 7) is 3.35. The fraction of sp³-hybridized carbons (Fsp3) is 0.320. The van der Waals surface area contributed by atoms with Crippen LogP contribution >= 0.6 is 0 Å². The first-order valence-corrected chi connectivity index (χ1v) is 10.9. The Morgan fingerprint density at radius 3 is 2.53 bits per heavy atom. The van der Waals surface area contributed by atoms with E-state index in [9.17, 15) is 9.59 Å². The molecule has 3 heterocycles. The highest BCUT2D eigenvalue weighted by Crippen LogP contribution is 2.37. The van der Waals surface area contributed by atoms with E-state index in [0.717, 1.165) is 29.9 Å². The second-order valence-electron chi connectivity index (χ2n) is 8.39. The molecule has 2 aromatic rings. The third-order valence-corrected chi connectivity index (χ3v) is 6.43. The number of ketones is 1. The van der Waals surface area contributed by atoms with E-state index in [1.165, 1.54) is 0 Å². The summed E-state index contributed by atoms with van der Waals surface area (Å²) in [6, 6.07) is 15.1. The summed E-state index contributed by atoms with van der Waals surface area (Å²) in [5, 5.41) is 0. The smallest absolute Gasteiger partial charge is 0.328 e. The summed E-state index contributed by atoms with van der Waals surface area (Å²) >= 11 is 0. The van der Waals surface area contributed by atoms with Gasteiger partial charge in [-0.2, -0.15) is 0 Å². The Kier molecular flexibility index (Phi) is 5.27. The Morgan fingerprint density at radius 1 is 1.06 bits per heavy atom. The summed E-state index contributed by atoms with van der Waals surface area (Å²) in [4.78, 5) is 37.6. The molecule has 0 aromatic heterocycles. The molecule has 3 aliphatic heterocycles. The van der Waals surface area contributed by atoms with Gasteiger partial charge in [-0.15, -0.1) is 0 Å². The second-order valence-corrected chi connectivity index (χ2v) is 8.39. The maximum atomic E-state index is 13.6. The molecular formula is C25H26N4O3. The Morgan fingerprint density at radius 2 is 1.81 bits per heavy atom. The van der Waals surface area contributed by atoms with E-state index in [0.29, 0.717) is 36.7 Å². The van der Waals surface area contributed by atoms with Crippen LogP contribution in [-0.2, 0) is 4.79 Å². The van der Waals surface area contributed by atoms with Crippen molar-refractivity contribution in [2.45, 2.75) is 5.92 Å². The van der Waals surface area contributed by atoms with E-state index < -0.39 is 0 Å². The van der Waals surface area contributed by atoms with Gasteiger partial charge in [0, 0.05) is 37.9 Å². The number of hydrogen-bond acceptors (Lipinski definition) is 5. The van der Waals surface area contributed by atoms with Gasteiger partial charge >= 0.3 is 6.03 Å². The molecule has 0 N–H and O–H groups in total. The molecular weight excluding hydrogens is 404 g/mol. The van der Waals surface area contributed by atoms with E-state index >= 15 is 0 Å². The van der Waals surface area contributed by atoms with E-state index in [4.69, 9.17) is 9.73 Å². The normalized spacial score (nSPS) is 20.8. The summed E-state index contributed by atoms with van der Waals surface area (Å²) < 4.78 is 5.42. The van der Waals surface area contributed by atoms with Crippen molar-refractivity contribution in [3.05, 3.63) is 71.4 Å². The number of carbonyl (C=O) groups is 2. The molecule has 1 atom stereocenters. The summed E-state index contributed by atoms with van der Waals surface area (Å²) in [7, 11) is 3.66. The van der Waals surface area contributed by atoms with Crippen molar-refractivity contribution >= 4 is 23.2 Å². The topological polar surface area (TPSA) is 65.5 Å². The number of benzene rings is 2. The van der Waals surface area contributed by atoms with Gasteiger partial charge in [0.05, 0.1) is 36.5 Å². The lowest BCUT2D eigenvalue weighted by Crippen LogP contribution is -2.52. The molecule has 32 heavy (non-hydrogen) atoms. The number of nitrogens with zero attached hydrogens (tertiary/aromatic N) is 4. The first kappa shape index (κ1) is 20.5. The zero-order valence-electron chi connectivity index (χ0n) is 18.3. The number of allylic oxidation sites excluding steroid dienone is 1. The molecule has 164 valence electrons. The lowest BCUT2D eigenvalue weighted by Gasteiger charge is -2.38. The van der Waals surface area contributed by atoms with Gasteiger partial charge < -0.3 is 14.5 Å². The number of Topliss-reactive ketones (excluding diaryl/α,β-unsaturated/α-hetero) is 1. The van der Waals surface area contributed by atoms with E-state index in [1.807, 2.05) is 53.4 Å². The molecule has 2 amide bonds. The van der Waals surface area contributed by atoms with Crippen LogP contribution in [-0.4, -0.2) is 74.2 Å². The Hall–Kier alpha value is -3.45. The summed E-state index contributed by atoms with van der Waals surface area (Å²) in [5.74, 6) is 0.308. The molecule has 0 aliphatic carbocycles. The third-order valence-electron chi connectivity index (χ3n) is 6.43. The van der Waals surface area contributed by atoms with Crippen molar-refractivity contribution < 1.29 is 14.3 Å². The molecule has 2 aromatic carbocycles. The number of urea groups is 1. The van der Waals surface area contributed by atoms with E-state index in [2.05, 4.69) is 11.9 Å². The van der Waals surface area contributed by atoms with Gasteiger partial charge in [0.15, 0.2) is 5.78 Å². The minimum atomic E-state index is -0.348. The monoisotopic (exact) mass is 430 g/mol. The molecule has 0 unspecified atom stereocenters. The van der Waals surface area contributed by atoms with E-state index in [-0.39, 0.29) is 17.7 Å². The number of rotatable bonds is 2. The number of carbonyl (C=O) groups excluding carboxylic acids is 2. The lowest BCUT2D eigenvalue weighted by atomic mass is 9.83. The predicted octanol–water partition coefficient (Wildman–Crippen LogP) is 2.92. The molecule has 1 fully saturated rings. The minimum Gasteiger partial charge on any atom is -0.497 e. The van der Waals surface area contributed by atoms with Crippen molar-refractivity contribution in [1.82, 2.24) is 9.80 Å². The summed E-state index contributed by atoms with van der Waals surface area (Å²) in [6.07, 6.45) is 1.69. The number of piperazine rings is 1. The van der Waals surface area contributed by atoms with Gasteiger partial charge in [-0.1, -0.05) is 30.3 Å². The third kappa shape index (κ3) is 3.48. The number of amides is 2. The van der Waals surface area contributed by atoms with Gasteiger partial charge in [0.25, 0.3) is 0 Å². The molecule has 1 saturated heterocycles. The Bertz CT molecular complexity index is 1120. The first-order chi connectivity index (χ1) is 15.6. The van der Waals surface area contributed by atoms with Gasteiger partial charge in [-0.3, -0.25) is 14.7 Å². The second kappa shape index (κ2) is 8.24.